The summed E-state index contributed by atoms with van der Waals surface area (Å²) in [5.74, 6) is 1.55. The van der Waals surface area contributed by atoms with Crippen molar-refractivity contribution >= 4 is 29.1 Å². The summed E-state index contributed by atoms with van der Waals surface area (Å²) in [6, 6.07) is 16.4. The van der Waals surface area contributed by atoms with Gasteiger partial charge in [0.1, 0.15) is 5.82 Å². The third-order valence-corrected chi connectivity index (χ3v) is 5.20. The van der Waals surface area contributed by atoms with Crippen LogP contribution in [0, 0.1) is 13.8 Å². The number of rotatable bonds is 3. The zero-order chi connectivity index (χ0) is 18.1. The summed E-state index contributed by atoms with van der Waals surface area (Å²) in [7, 11) is 0. The minimum Gasteiger partial charge on any atom is -0.340 e. The van der Waals surface area contributed by atoms with Crippen LogP contribution in [0.5, 0.6) is 0 Å². The van der Waals surface area contributed by atoms with Gasteiger partial charge in [-0.3, -0.25) is 0 Å². The Morgan fingerprint density at radius 1 is 1.00 bits per heavy atom. The molecule has 26 heavy (non-hydrogen) atoms. The Balaban J connectivity index is 1.62. The Bertz CT molecular complexity index is 954. The van der Waals surface area contributed by atoms with Crippen LogP contribution in [-0.4, -0.2) is 16.5 Å². The third-order valence-electron chi connectivity index (χ3n) is 4.79. The van der Waals surface area contributed by atoms with Crippen molar-refractivity contribution in [3.8, 4) is 0 Å². The zero-order valence-corrected chi connectivity index (χ0v) is 15.7. The first kappa shape index (κ1) is 16.9. The van der Waals surface area contributed by atoms with E-state index in [0.717, 1.165) is 53.2 Å². The fourth-order valence-electron chi connectivity index (χ4n) is 3.31. The molecule has 5 heteroatoms. The number of hydrogen-bond acceptors (Lipinski definition) is 4. The van der Waals surface area contributed by atoms with E-state index < -0.39 is 0 Å². The highest BCUT2D eigenvalue weighted by atomic mass is 35.5. The van der Waals surface area contributed by atoms with Crippen molar-refractivity contribution in [1.29, 1.82) is 0 Å². The van der Waals surface area contributed by atoms with Crippen LogP contribution in [0.2, 0.25) is 5.02 Å². The van der Waals surface area contributed by atoms with E-state index in [9.17, 15) is 0 Å². The molecule has 0 atom stereocenters. The van der Waals surface area contributed by atoms with E-state index in [0.29, 0.717) is 0 Å². The highest BCUT2D eigenvalue weighted by molar-refractivity contribution is 6.31. The number of halogens is 1. The highest BCUT2D eigenvalue weighted by Gasteiger charge is 2.19. The molecule has 0 spiro atoms. The van der Waals surface area contributed by atoms with Crippen LogP contribution in [0.15, 0.2) is 48.5 Å². The maximum Gasteiger partial charge on any atom is 0.227 e. The Hall–Kier alpha value is -2.59. The molecule has 4 nitrogen and oxygen atoms in total. The van der Waals surface area contributed by atoms with Crippen LogP contribution < -0.4 is 10.2 Å². The standard InChI is InChI=1S/C21H21ClN4/c1-14-12-20(24-19-9-5-8-18(22)15(19)2)25-21(23-14)26-11-10-16-6-3-4-7-17(16)13-26/h3-9,12H,10-11,13H2,1-2H3,(H,23,24,25). The van der Waals surface area contributed by atoms with E-state index in [4.69, 9.17) is 16.6 Å². The Morgan fingerprint density at radius 2 is 1.81 bits per heavy atom. The van der Waals surface area contributed by atoms with Gasteiger partial charge in [0.15, 0.2) is 0 Å². The molecule has 0 bridgehead atoms. The lowest BCUT2D eigenvalue weighted by Crippen LogP contribution is -2.32. The van der Waals surface area contributed by atoms with Crippen molar-refractivity contribution in [3.05, 3.63) is 75.9 Å². The largest absolute Gasteiger partial charge is 0.340 e. The van der Waals surface area contributed by atoms with Crippen LogP contribution in [0.1, 0.15) is 22.4 Å². The highest BCUT2D eigenvalue weighted by Crippen LogP contribution is 2.27. The topological polar surface area (TPSA) is 41.1 Å². The molecule has 1 aliphatic heterocycles. The lowest BCUT2D eigenvalue weighted by Gasteiger charge is -2.29. The summed E-state index contributed by atoms with van der Waals surface area (Å²) in [4.78, 5) is 11.7. The van der Waals surface area contributed by atoms with Crippen molar-refractivity contribution in [1.82, 2.24) is 9.97 Å². The molecule has 132 valence electrons. The Morgan fingerprint density at radius 3 is 2.65 bits per heavy atom. The van der Waals surface area contributed by atoms with Crippen LogP contribution in [0.4, 0.5) is 17.5 Å². The normalized spacial score (nSPS) is 13.4. The average molecular weight is 365 g/mol. The van der Waals surface area contributed by atoms with Gasteiger partial charge in [0, 0.05) is 35.6 Å². The second-order valence-corrected chi connectivity index (χ2v) is 7.08. The summed E-state index contributed by atoms with van der Waals surface area (Å²) in [5, 5.41) is 4.13. The van der Waals surface area contributed by atoms with Gasteiger partial charge in [0.2, 0.25) is 5.95 Å². The first-order valence-corrected chi connectivity index (χ1v) is 9.17. The first-order valence-electron chi connectivity index (χ1n) is 8.80. The second-order valence-electron chi connectivity index (χ2n) is 6.67. The minimum absolute atomic E-state index is 0.744. The van der Waals surface area contributed by atoms with Gasteiger partial charge in [-0.2, -0.15) is 4.98 Å². The number of benzene rings is 2. The Labute approximate surface area is 158 Å². The Kier molecular flexibility index (Phi) is 4.51. The van der Waals surface area contributed by atoms with E-state index in [-0.39, 0.29) is 0 Å². The van der Waals surface area contributed by atoms with E-state index in [2.05, 4.69) is 39.5 Å². The quantitative estimate of drug-likeness (QED) is 0.705. The second kappa shape index (κ2) is 6.96. The van der Waals surface area contributed by atoms with Gasteiger partial charge in [-0.25, -0.2) is 4.98 Å². The maximum atomic E-state index is 6.23. The summed E-state index contributed by atoms with van der Waals surface area (Å²) >= 11 is 6.23. The third kappa shape index (κ3) is 3.37. The SMILES string of the molecule is Cc1cc(Nc2cccc(Cl)c2C)nc(N2CCc3ccccc3C2)n1. The smallest absolute Gasteiger partial charge is 0.227 e. The van der Waals surface area contributed by atoms with Crippen molar-refractivity contribution in [2.75, 3.05) is 16.8 Å². The van der Waals surface area contributed by atoms with Gasteiger partial charge < -0.3 is 10.2 Å². The minimum atomic E-state index is 0.744. The zero-order valence-electron chi connectivity index (χ0n) is 15.0. The molecule has 0 aliphatic carbocycles. The molecule has 1 aromatic heterocycles. The number of nitrogens with one attached hydrogen (secondary N) is 1. The average Bonchev–Trinajstić information content (AvgIpc) is 2.65. The van der Waals surface area contributed by atoms with Crippen LogP contribution in [-0.2, 0) is 13.0 Å². The fraction of sp³-hybridized carbons (Fsp3) is 0.238. The maximum absolute atomic E-state index is 6.23. The molecule has 4 rings (SSSR count). The molecule has 3 aromatic rings. The number of aryl methyl sites for hydroxylation is 1. The molecule has 1 N–H and O–H groups in total. The van der Waals surface area contributed by atoms with Crippen LogP contribution in [0.25, 0.3) is 0 Å². The summed E-state index contributed by atoms with van der Waals surface area (Å²) < 4.78 is 0. The fourth-order valence-corrected chi connectivity index (χ4v) is 3.48. The van der Waals surface area contributed by atoms with Gasteiger partial charge in [-0.15, -0.1) is 0 Å². The van der Waals surface area contributed by atoms with E-state index >= 15 is 0 Å². The summed E-state index contributed by atoms with van der Waals surface area (Å²) in [5.41, 5.74) is 5.69. The van der Waals surface area contributed by atoms with Crippen molar-refractivity contribution in [2.45, 2.75) is 26.8 Å². The first-order chi connectivity index (χ1) is 12.6. The molecular formula is C21H21ClN4. The van der Waals surface area contributed by atoms with Gasteiger partial charge in [-0.05, 0) is 49.1 Å². The number of hydrogen-bond donors (Lipinski definition) is 1. The number of anilines is 3. The van der Waals surface area contributed by atoms with Crippen molar-refractivity contribution < 1.29 is 0 Å². The number of fused-ring (bicyclic) bond motifs is 1. The van der Waals surface area contributed by atoms with Gasteiger partial charge >= 0.3 is 0 Å². The lowest BCUT2D eigenvalue weighted by molar-refractivity contribution is 0.706. The molecule has 0 saturated carbocycles. The van der Waals surface area contributed by atoms with Gasteiger partial charge in [0.25, 0.3) is 0 Å². The van der Waals surface area contributed by atoms with E-state index in [1.54, 1.807) is 0 Å². The summed E-state index contributed by atoms with van der Waals surface area (Å²) in [6.45, 7) is 5.77. The molecule has 0 unspecified atom stereocenters. The molecular weight excluding hydrogens is 344 g/mol. The molecule has 0 amide bonds. The number of aromatic nitrogens is 2. The molecule has 2 aromatic carbocycles. The molecule has 0 saturated heterocycles. The van der Waals surface area contributed by atoms with Crippen molar-refractivity contribution in [3.63, 3.8) is 0 Å². The van der Waals surface area contributed by atoms with Gasteiger partial charge in [-0.1, -0.05) is 41.9 Å². The van der Waals surface area contributed by atoms with Crippen molar-refractivity contribution in [2.24, 2.45) is 0 Å². The van der Waals surface area contributed by atoms with Crippen LogP contribution >= 0.6 is 11.6 Å². The predicted octanol–water partition coefficient (Wildman–Crippen LogP) is 5.05. The predicted molar refractivity (Wildman–Crippen MR) is 107 cm³/mol. The van der Waals surface area contributed by atoms with E-state index in [1.807, 2.05) is 38.1 Å². The van der Waals surface area contributed by atoms with Crippen LogP contribution in [0.3, 0.4) is 0 Å². The number of nitrogens with zero attached hydrogens (tertiary/aromatic N) is 3. The molecule has 0 radical (unpaired) electrons. The molecule has 1 aliphatic rings. The lowest BCUT2D eigenvalue weighted by atomic mass is 10.0. The summed E-state index contributed by atoms with van der Waals surface area (Å²) in [6.07, 6.45) is 1.02. The molecule has 2 heterocycles. The van der Waals surface area contributed by atoms with E-state index in [1.165, 1.54) is 11.1 Å². The molecule has 0 fully saturated rings. The van der Waals surface area contributed by atoms with Gasteiger partial charge in [0.05, 0.1) is 0 Å². The monoisotopic (exact) mass is 364 g/mol.